The summed E-state index contributed by atoms with van der Waals surface area (Å²) < 4.78 is 17.8. The minimum atomic E-state index is -0.390. The number of carbonyl (C=O) groups is 1. The Labute approximate surface area is 150 Å². The van der Waals surface area contributed by atoms with E-state index >= 15 is 0 Å². The second-order valence-corrected chi connectivity index (χ2v) is 6.93. The summed E-state index contributed by atoms with van der Waals surface area (Å²) in [7, 11) is 1.36. The molecule has 0 aliphatic heterocycles. The number of nitrogens with one attached hydrogen (secondary N) is 2. The Morgan fingerprint density at radius 3 is 2.54 bits per heavy atom. The highest BCUT2D eigenvalue weighted by atomic mass is 32.1. The van der Waals surface area contributed by atoms with Crippen LogP contribution in [0.3, 0.4) is 0 Å². The average Bonchev–Trinajstić information content (AvgIpc) is 2.90. The van der Waals surface area contributed by atoms with Crippen molar-refractivity contribution < 1.29 is 13.9 Å². The number of hydrogen-bond acceptors (Lipinski definition) is 4. The molecule has 24 heavy (non-hydrogen) atoms. The molecule has 1 aromatic carbocycles. The van der Waals surface area contributed by atoms with Gasteiger partial charge in [0.2, 0.25) is 0 Å². The number of anilines is 2. The second kappa shape index (κ2) is 8.21. The molecule has 128 valence electrons. The third-order valence-corrected chi connectivity index (χ3v) is 4.36. The van der Waals surface area contributed by atoms with Crippen LogP contribution >= 0.6 is 23.6 Å². The maximum atomic E-state index is 12.9. The number of benzene rings is 1. The Bertz CT molecular complexity index is 727. The van der Waals surface area contributed by atoms with Gasteiger partial charge in [0.25, 0.3) is 0 Å². The third kappa shape index (κ3) is 4.75. The van der Waals surface area contributed by atoms with E-state index in [1.165, 1.54) is 30.6 Å². The summed E-state index contributed by atoms with van der Waals surface area (Å²) in [5.41, 5.74) is 2.11. The van der Waals surface area contributed by atoms with Gasteiger partial charge in [0.1, 0.15) is 10.8 Å². The number of carbonyl (C=O) groups excluding carboxylic acids is 1. The number of esters is 1. The van der Waals surface area contributed by atoms with Crippen LogP contribution in [0, 0.1) is 11.7 Å². The van der Waals surface area contributed by atoms with Gasteiger partial charge >= 0.3 is 5.97 Å². The zero-order valence-electron chi connectivity index (χ0n) is 13.7. The molecule has 0 radical (unpaired) electrons. The fourth-order valence-electron chi connectivity index (χ4n) is 2.20. The molecule has 0 fully saturated rings. The van der Waals surface area contributed by atoms with Crippen molar-refractivity contribution in [3.05, 3.63) is 46.6 Å². The predicted octanol–water partition coefficient (Wildman–Crippen LogP) is 4.68. The van der Waals surface area contributed by atoms with Crippen molar-refractivity contribution in [2.24, 2.45) is 5.92 Å². The van der Waals surface area contributed by atoms with Crippen LogP contribution in [0.5, 0.6) is 0 Å². The van der Waals surface area contributed by atoms with Gasteiger partial charge < -0.3 is 15.4 Å². The van der Waals surface area contributed by atoms with Crippen LogP contribution in [0.1, 0.15) is 29.8 Å². The molecule has 0 aliphatic carbocycles. The van der Waals surface area contributed by atoms with E-state index in [-0.39, 0.29) is 11.8 Å². The molecule has 2 rings (SSSR count). The van der Waals surface area contributed by atoms with E-state index < -0.39 is 0 Å². The fraction of sp³-hybridized carbons (Fsp3) is 0.294. The van der Waals surface area contributed by atoms with Gasteiger partial charge in [-0.3, -0.25) is 0 Å². The molecule has 2 N–H and O–H groups in total. The summed E-state index contributed by atoms with van der Waals surface area (Å²) in [5, 5.41) is 8.89. The Kier molecular flexibility index (Phi) is 6.28. The van der Waals surface area contributed by atoms with Crippen molar-refractivity contribution in [2.75, 3.05) is 17.7 Å². The lowest BCUT2D eigenvalue weighted by atomic mass is 10.0. The number of methoxy groups -OCH3 is 1. The minimum Gasteiger partial charge on any atom is -0.465 e. The Morgan fingerprint density at radius 1 is 1.29 bits per heavy atom. The second-order valence-electron chi connectivity index (χ2n) is 5.64. The molecule has 0 saturated heterocycles. The van der Waals surface area contributed by atoms with Crippen molar-refractivity contribution in [3.63, 3.8) is 0 Å². The molecule has 0 atom stereocenters. The molecule has 0 amide bonds. The van der Waals surface area contributed by atoms with E-state index in [9.17, 15) is 9.18 Å². The monoisotopic (exact) mass is 366 g/mol. The van der Waals surface area contributed by atoms with Gasteiger partial charge in [-0.15, -0.1) is 11.3 Å². The summed E-state index contributed by atoms with van der Waals surface area (Å²) in [6.45, 7) is 4.18. The molecule has 0 saturated carbocycles. The number of thiocarbonyl (C=S) groups is 1. The lowest BCUT2D eigenvalue weighted by Gasteiger charge is -2.11. The van der Waals surface area contributed by atoms with E-state index in [0.29, 0.717) is 27.3 Å². The van der Waals surface area contributed by atoms with E-state index in [2.05, 4.69) is 24.5 Å². The molecule has 0 aliphatic rings. The van der Waals surface area contributed by atoms with Crippen LogP contribution in [-0.2, 0) is 11.2 Å². The van der Waals surface area contributed by atoms with Gasteiger partial charge in [0.15, 0.2) is 5.11 Å². The number of thiophene rings is 1. The normalized spacial score (nSPS) is 10.5. The van der Waals surface area contributed by atoms with Gasteiger partial charge in [-0.2, -0.15) is 0 Å². The molecule has 0 bridgehead atoms. The summed E-state index contributed by atoms with van der Waals surface area (Å²) in [5.74, 6) is -0.289. The van der Waals surface area contributed by atoms with E-state index in [4.69, 9.17) is 17.0 Å². The molecule has 1 aromatic heterocycles. The maximum Gasteiger partial charge on any atom is 0.341 e. The van der Waals surface area contributed by atoms with Crippen LogP contribution in [0.2, 0.25) is 0 Å². The average molecular weight is 366 g/mol. The van der Waals surface area contributed by atoms with Gasteiger partial charge in [-0.25, -0.2) is 9.18 Å². The maximum absolute atomic E-state index is 12.9. The Balaban J connectivity index is 2.16. The smallest absolute Gasteiger partial charge is 0.341 e. The van der Waals surface area contributed by atoms with Crippen molar-refractivity contribution in [1.29, 1.82) is 0 Å². The van der Waals surface area contributed by atoms with Crippen LogP contribution in [0.25, 0.3) is 0 Å². The highest BCUT2D eigenvalue weighted by molar-refractivity contribution is 7.80. The quantitative estimate of drug-likeness (QED) is 0.594. The highest BCUT2D eigenvalue weighted by Crippen LogP contribution is 2.31. The zero-order valence-corrected chi connectivity index (χ0v) is 15.3. The standard InChI is InChI=1S/C17H19FN2O2S2/c1-10(2)8-11-9-24-15(14(11)16(21)22-3)20-17(23)19-13-6-4-12(18)5-7-13/h4-7,9-10H,8H2,1-3H3,(H2,19,20,23). The molecule has 4 nitrogen and oxygen atoms in total. The lowest BCUT2D eigenvalue weighted by Crippen LogP contribution is -2.20. The Morgan fingerprint density at radius 2 is 1.96 bits per heavy atom. The number of hydrogen-bond donors (Lipinski definition) is 2. The summed E-state index contributed by atoms with van der Waals surface area (Å²) in [6.07, 6.45) is 0.779. The minimum absolute atomic E-state index is 0.316. The zero-order chi connectivity index (χ0) is 17.7. The predicted molar refractivity (Wildman–Crippen MR) is 100 cm³/mol. The van der Waals surface area contributed by atoms with Crippen molar-refractivity contribution in [1.82, 2.24) is 0 Å². The lowest BCUT2D eigenvalue weighted by molar-refractivity contribution is 0.0601. The van der Waals surface area contributed by atoms with E-state index in [1.54, 1.807) is 12.1 Å². The molecule has 2 aromatic rings. The molecule has 0 spiro atoms. The molecule has 1 heterocycles. The van der Waals surface area contributed by atoms with Crippen molar-refractivity contribution >= 4 is 45.3 Å². The first-order valence-corrected chi connectivity index (χ1v) is 8.71. The van der Waals surface area contributed by atoms with Crippen molar-refractivity contribution in [2.45, 2.75) is 20.3 Å². The van der Waals surface area contributed by atoms with Crippen molar-refractivity contribution in [3.8, 4) is 0 Å². The topological polar surface area (TPSA) is 50.4 Å². The van der Waals surface area contributed by atoms with E-state index in [0.717, 1.165) is 12.0 Å². The molecule has 0 unspecified atom stereocenters. The van der Waals surface area contributed by atoms with Gasteiger partial charge in [0, 0.05) is 5.69 Å². The molecule has 7 heteroatoms. The van der Waals surface area contributed by atoms with Crippen LogP contribution in [-0.4, -0.2) is 18.2 Å². The van der Waals surface area contributed by atoms with Crippen LogP contribution in [0.4, 0.5) is 15.1 Å². The van der Waals surface area contributed by atoms with Gasteiger partial charge in [-0.1, -0.05) is 13.8 Å². The first-order chi connectivity index (χ1) is 11.4. The largest absolute Gasteiger partial charge is 0.465 e. The van der Waals surface area contributed by atoms with Crippen LogP contribution < -0.4 is 10.6 Å². The number of rotatable bonds is 5. The first-order valence-electron chi connectivity index (χ1n) is 7.43. The third-order valence-electron chi connectivity index (χ3n) is 3.21. The summed E-state index contributed by atoms with van der Waals surface area (Å²) >= 11 is 6.67. The fourth-order valence-corrected chi connectivity index (χ4v) is 3.45. The van der Waals surface area contributed by atoms with Gasteiger partial charge in [-0.05, 0) is 59.8 Å². The summed E-state index contributed by atoms with van der Waals surface area (Å²) in [6, 6.07) is 5.86. The van der Waals surface area contributed by atoms with Crippen LogP contribution in [0.15, 0.2) is 29.6 Å². The summed E-state index contributed by atoms with van der Waals surface area (Å²) in [4.78, 5) is 12.1. The highest BCUT2D eigenvalue weighted by Gasteiger charge is 2.21. The first kappa shape index (κ1) is 18.4. The van der Waals surface area contributed by atoms with E-state index in [1.807, 2.05) is 5.38 Å². The molecular weight excluding hydrogens is 347 g/mol. The van der Waals surface area contributed by atoms with Gasteiger partial charge in [0.05, 0.1) is 12.7 Å². The number of halogens is 1. The molecular formula is C17H19FN2O2S2. The Hall–Kier alpha value is -1.99. The SMILES string of the molecule is COC(=O)c1c(CC(C)C)csc1NC(=S)Nc1ccc(F)cc1. The number of ether oxygens (including phenoxy) is 1.